The minimum atomic E-state index is -0.400. The fraction of sp³-hybridized carbons (Fsp3) is 0.350. The molecular formula is C20H20Br2N6O4. The van der Waals surface area contributed by atoms with Gasteiger partial charge in [-0.3, -0.25) is 23.9 Å². The summed E-state index contributed by atoms with van der Waals surface area (Å²) in [6.45, 7) is 0.915. The lowest BCUT2D eigenvalue weighted by Gasteiger charge is -2.32. The van der Waals surface area contributed by atoms with Crippen molar-refractivity contribution in [3.63, 3.8) is 0 Å². The summed E-state index contributed by atoms with van der Waals surface area (Å²) in [5.41, 5.74) is 6.52. The number of amides is 1. The van der Waals surface area contributed by atoms with Crippen molar-refractivity contribution in [1.29, 1.82) is 0 Å². The van der Waals surface area contributed by atoms with E-state index >= 15 is 0 Å². The number of H-pyrrole nitrogens is 2. The average molecular weight is 568 g/mol. The third-order valence-corrected chi connectivity index (χ3v) is 6.97. The van der Waals surface area contributed by atoms with Gasteiger partial charge in [0.05, 0.1) is 12.0 Å². The Hall–Kier alpha value is -2.73. The highest BCUT2D eigenvalue weighted by atomic mass is 79.9. The number of halogens is 2. The molecule has 1 aliphatic heterocycles. The van der Waals surface area contributed by atoms with Gasteiger partial charge >= 0.3 is 5.69 Å². The van der Waals surface area contributed by atoms with Crippen molar-refractivity contribution in [3.05, 3.63) is 53.8 Å². The second-order valence-corrected chi connectivity index (χ2v) is 9.33. The quantitative estimate of drug-likeness (QED) is 0.318. The number of aromatic nitrogens is 4. The fourth-order valence-electron chi connectivity index (χ4n) is 3.93. The summed E-state index contributed by atoms with van der Waals surface area (Å²) < 4.78 is 2.73. The van der Waals surface area contributed by atoms with Crippen LogP contribution in [0.4, 0.5) is 5.69 Å². The molecular weight excluding hydrogens is 548 g/mol. The SMILES string of the molecule is Nc1c(Br)cc(C(=O)CCC(=O)N2CCC(n3c(=O)[nH]c4c(=O)[nH]cnc43)CC2)cc1Br. The van der Waals surface area contributed by atoms with Gasteiger partial charge in [-0.25, -0.2) is 9.78 Å². The lowest BCUT2D eigenvalue weighted by Crippen LogP contribution is -2.40. The molecule has 2 aromatic heterocycles. The topological polar surface area (TPSA) is 147 Å². The lowest BCUT2D eigenvalue weighted by atomic mass is 10.0. The average Bonchev–Trinajstić information content (AvgIpc) is 3.12. The van der Waals surface area contributed by atoms with Crippen LogP contribution < -0.4 is 17.0 Å². The molecule has 3 aromatic rings. The standard InChI is InChI=1S/C20H20Br2N6O4/c21-12-7-10(8-13(22)16(12)23)14(29)1-2-15(30)27-5-3-11(4-6-27)28-18-17(26-20(28)32)19(31)25-9-24-18/h7-9,11H,1-6,23H2,(H,26,32)(H,24,25,31). The summed E-state index contributed by atoms with van der Waals surface area (Å²) in [5, 5.41) is 0. The summed E-state index contributed by atoms with van der Waals surface area (Å²) in [6, 6.07) is 3.13. The van der Waals surface area contributed by atoms with E-state index in [9.17, 15) is 19.2 Å². The van der Waals surface area contributed by atoms with Crippen molar-refractivity contribution < 1.29 is 9.59 Å². The number of fused-ring (bicyclic) bond motifs is 1. The van der Waals surface area contributed by atoms with E-state index in [2.05, 4.69) is 46.8 Å². The highest BCUT2D eigenvalue weighted by Crippen LogP contribution is 2.30. The van der Waals surface area contributed by atoms with Gasteiger partial charge in [-0.15, -0.1) is 0 Å². The maximum Gasteiger partial charge on any atom is 0.328 e. The molecule has 0 radical (unpaired) electrons. The van der Waals surface area contributed by atoms with E-state index in [1.165, 1.54) is 10.9 Å². The minimum absolute atomic E-state index is 0.0934. The zero-order valence-electron chi connectivity index (χ0n) is 16.9. The van der Waals surface area contributed by atoms with E-state index < -0.39 is 5.56 Å². The number of anilines is 1. The number of piperidine rings is 1. The zero-order valence-corrected chi connectivity index (χ0v) is 20.0. The first-order valence-electron chi connectivity index (χ1n) is 9.99. The highest BCUT2D eigenvalue weighted by molar-refractivity contribution is 9.11. The van der Waals surface area contributed by atoms with Crippen LogP contribution in [0.1, 0.15) is 42.1 Å². The maximum atomic E-state index is 12.6. The molecule has 0 spiro atoms. The molecule has 32 heavy (non-hydrogen) atoms. The first kappa shape index (κ1) is 22.5. The van der Waals surface area contributed by atoms with Crippen LogP contribution in [0.2, 0.25) is 0 Å². The zero-order chi connectivity index (χ0) is 23.0. The van der Waals surface area contributed by atoms with Crippen molar-refractivity contribution >= 4 is 60.4 Å². The Labute approximate surface area is 198 Å². The number of hydrogen-bond acceptors (Lipinski definition) is 6. The van der Waals surface area contributed by atoms with Crippen LogP contribution in [0.25, 0.3) is 11.2 Å². The number of aromatic amines is 2. The second kappa shape index (κ2) is 9.02. The normalized spacial score (nSPS) is 14.8. The molecule has 4 N–H and O–H groups in total. The van der Waals surface area contributed by atoms with Gasteiger partial charge in [0.1, 0.15) is 0 Å². The fourth-order valence-corrected chi connectivity index (χ4v) is 5.12. The number of hydrogen-bond donors (Lipinski definition) is 3. The van der Waals surface area contributed by atoms with E-state index in [1.807, 2.05) is 0 Å². The van der Waals surface area contributed by atoms with Crippen LogP contribution in [0.3, 0.4) is 0 Å². The number of nitrogen functional groups attached to an aromatic ring is 1. The number of carbonyl (C=O) groups is 2. The number of nitrogens with one attached hydrogen (secondary N) is 2. The van der Waals surface area contributed by atoms with E-state index in [1.54, 1.807) is 17.0 Å². The van der Waals surface area contributed by atoms with Crippen molar-refractivity contribution in [1.82, 2.24) is 24.4 Å². The number of likely N-dealkylation sites (tertiary alicyclic amines) is 1. The largest absolute Gasteiger partial charge is 0.397 e. The van der Waals surface area contributed by atoms with Crippen LogP contribution in [-0.2, 0) is 4.79 Å². The molecule has 1 amide bonds. The van der Waals surface area contributed by atoms with Crippen LogP contribution in [0.15, 0.2) is 37.0 Å². The van der Waals surface area contributed by atoms with Crippen LogP contribution in [0.5, 0.6) is 0 Å². The second-order valence-electron chi connectivity index (χ2n) is 7.62. The molecule has 1 fully saturated rings. The number of Topliss-reactive ketones (excluding diaryl/α,β-unsaturated/α-hetero) is 1. The Morgan fingerprint density at radius 1 is 1.12 bits per heavy atom. The predicted molar refractivity (Wildman–Crippen MR) is 126 cm³/mol. The van der Waals surface area contributed by atoms with Crippen LogP contribution in [0, 0.1) is 0 Å². The third-order valence-electron chi connectivity index (χ3n) is 5.66. The summed E-state index contributed by atoms with van der Waals surface area (Å²) in [7, 11) is 0. The summed E-state index contributed by atoms with van der Waals surface area (Å²) in [4.78, 5) is 60.2. The molecule has 0 saturated carbocycles. The van der Waals surface area contributed by atoms with Gasteiger partial charge in [0.2, 0.25) is 5.91 Å². The maximum absolute atomic E-state index is 12.6. The van der Waals surface area contributed by atoms with Crippen LogP contribution in [-0.4, -0.2) is 49.2 Å². The number of imidazole rings is 1. The number of rotatable bonds is 5. The van der Waals surface area contributed by atoms with Crippen LogP contribution >= 0.6 is 31.9 Å². The van der Waals surface area contributed by atoms with Gasteiger partial charge in [0.25, 0.3) is 5.56 Å². The highest BCUT2D eigenvalue weighted by Gasteiger charge is 2.27. The Bertz CT molecular complexity index is 1300. The Morgan fingerprint density at radius 3 is 2.44 bits per heavy atom. The molecule has 0 aliphatic carbocycles. The molecule has 12 heteroatoms. The molecule has 3 heterocycles. The minimum Gasteiger partial charge on any atom is -0.397 e. The van der Waals surface area contributed by atoms with Gasteiger partial charge < -0.3 is 15.6 Å². The number of nitrogens with two attached hydrogens (primary N) is 1. The molecule has 4 rings (SSSR count). The van der Waals surface area contributed by atoms with Gasteiger partial charge in [0, 0.05) is 46.5 Å². The lowest BCUT2D eigenvalue weighted by molar-refractivity contribution is -0.132. The molecule has 10 nitrogen and oxygen atoms in total. The first-order chi connectivity index (χ1) is 15.3. The summed E-state index contributed by atoms with van der Waals surface area (Å²) >= 11 is 6.64. The Balaban J connectivity index is 1.37. The smallest absolute Gasteiger partial charge is 0.328 e. The van der Waals surface area contributed by atoms with E-state index in [0.29, 0.717) is 51.8 Å². The molecule has 0 unspecified atom stereocenters. The van der Waals surface area contributed by atoms with Gasteiger partial charge in [-0.2, -0.15) is 0 Å². The monoisotopic (exact) mass is 566 g/mol. The van der Waals surface area contributed by atoms with Gasteiger partial charge in [-0.1, -0.05) is 0 Å². The Kier molecular flexibility index (Phi) is 6.33. The predicted octanol–water partition coefficient (Wildman–Crippen LogP) is 2.35. The molecule has 0 bridgehead atoms. The number of carbonyl (C=O) groups excluding carboxylic acids is 2. The third kappa shape index (κ3) is 4.29. The molecule has 0 atom stereocenters. The molecule has 1 saturated heterocycles. The van der Waals surface area contributed by atoms with Crippen molar-refractivity contribution in [2.45, 2.75) is 31.7 Å². The van der Waals surface area contributed by atoms with Crippen molar-refractivity contribution in [3.8, 4) is 0 Å². The number of benzene rings is 1. The van der Waals surface area contributed by atoms with Gasteiger partial charge in [0.15, 0.2) is 16.9 Å². The molecule has 1 aromatic carbocycles. The van der Waals surface area contributed by atoms with E-state index in [0.717, 1.165) is 0 Å². The Morgan fingerprint density at radius 2 is 1.78 bits per heavy atom. The first-order valence-corrected chi connectivity index (χ1v) is 11.6. The van der Waals surface area contributed by atoms with Crippen molar-refractivity contribution in [2.24, 2.45) is 0 Å². The number of ketones is 1. The summed E-state index contributed by atoms with van der Waals surface area (Å²) in [5.74, 6) is -0.248. The van der Waals surface area contributed by atoms with Gasteiger partial charge in [-0.05, 0) is 56.8 Å². The van der Waals surface area contributed by atoms with Crippen molar-refractivity contribution in [2.75, 3.05) is 18.8 Å². The summed E-state index contributed by atoms with van der Waals surface area (Å²) in [6.07, 6.45) is 2.57. The molecule has 1 aliphatic rings. The number of nitrogens with zero attached hydrogens (tertiary/aromatic N) is 3. The van der Waals surface area contributed by atoms with E-state index in [4.69, 9.17) is 5.73 Å². The molecule has 168 valence electrons. The van der Waals surface area contributed by atoms with E-state index in [-0.39, 0.29) is 41.8 Å².